The highest BCUT2D eigenvalue weighted by Crippen LogP contribution is 2.39. The SMILES string of the molecule is COc1cc(OCC2CC2)c(-c2ncnc3c(C(=O)NC4CCN(C(=O)OC(C)(C)C)CC4)c(C)[nH]c23)cc1F. The van der Waals surface area contributed by atoms with Crippen LogP contribution in [0, 0.1) is 18.7 Å². The van der Waals surface area contributed by atoms with E-state index >= 15 is 0 Å². The van der Waals surface area contributed by atoms with Crippen LogP contribution in [0.3, 0.4) is 0 Å². The Labute approximate surface area is 232 Å². The number of hydrogen-bond donors (Lipinski definition) is 2. The second-order valence-corrected chi connectivity index (χ2v) is 11.5. The largest absolute Gasteiger partial charge is 0.494 e. The number of H-pyrrole nitrogens is 1. The number of aryl methyl sites for hydroxylation is 1. The van der Waals surface area contributed by atoms with Crippen molar-refractivity contribution in [2.24, 2.45) is 5.92 Å². The maximum absolute atomic E-state index is 14.8. The van der Waals surface area contributed by atoms with Gasteiger partial charge in [-0.15, -0.1) is 0 Å². The first-order valence-corrected chi connectivity index (χ1v) is 13.7. The number of benzene rings is 1. The Morgan fingerprint density at radius 1 is 1.12 bits per heavy atom. The van der Waals surface area contributed by atoms with Crippen LogP contribution in [0.1, 0.15) is 62.5 Å². The van der Waals surface area contributed by atoms with Crippen molar-refractivity contribution in [2.45, 2.75) is 65.0 Å². The lowest BCUT2D eigenvalue weighted by Crippen LogP contribution is -2.47. The fourth-order valence-electron chi connectivity index (χ4n) is 4.88. The molecule has 0 unspecified atom stereocenters. The molecule has 11 heteroatoms. The first kappa shape index (κ1) is 27.7. The monoisotopic (exact) mass is 553 g/mol. The number of hydrogen-bond acceptors (Lipinski definition) is 7. The molecule has 1 aliphatic heterocycles. The lowest BCUT2D eigenvalue weighted by molar-refractivity contribution is 0.0199. The number of fused-ring (bicyclic) bond motifs is 1. The number of piperidine rings is 1. The molecule has 0 atom stereocenters. The summed E-state index contributed by atoms with van der Waals surface area (Å²) in [6.07, 6.45) is 4.47. The van der Waals surface area contributed by atoms with E-state index in [1.165, 1.54) is 25.6 Å². The fraction of sp³-hybridized carbons (Fsp3) is 0.517. The van der Waals surface area contributed by atoms with Gasteiger partial charge in [0.2, 0.25) is 0 Å². The predicted octanol–water partition coefficient (Wildman–Crippen LogP) is 5.00. The van der Waals surface area contributed by atoms with Crippen LogP contribution in [0.2, 0.25) is 0 Å². The van der Waals surface area contributed by atoms with E-state index in [4.69, 9.17) is 14.2 Å². The van der Waals surface area contributed by atoms with Crippen LogP contribution < -0.4 is 14.8 Å². The summed E-state index contributed by atoms with van der Waals surface area (Å²) in [6, 6.07) is 2.78. The van der Waals surface area contributed by atoms with E-state index in [2.05, 4.69) is 20.3 Å². The van der Waals surface area contributed by atoms with Gasteiger partial charge in [-0.2, -0.15) is 0 Å². The van der Waals surface area contributed by atoms with E-state index in [1.807, 2.05) is 20.8 Å². The van der Waals surface area contributed by atoms with Gasteiger partial charge in [0, 0.05) is 36.5 Å². The highest BCUT2D eigenvalue weighted by Gasteiger charge is 2.30. The molecule has 3 heterocycles. The first-order chi connectivity index (χ1) is 19.0. The number of nitrogens with zero attached hydrogens (tertiary/aromatic N) is 3. The lowest BCUT2D eigenvalue weighted by Gasteiger charge is -2.33. The molecule has 2 aliphatic rings. The maximum atomic E-state index is 14.8. The van der Waals surface area contributed by atoms with Crippen molar-refractivity contribution in [3.05, 3.63) is 35.5 Å². The number of aromatic amines is 1. The maximum Gasteiger partial charge on any atom is 0.410 e. The average Bonchev–Trinajstić information content (AvgIpc) is 3.66. The van der Waals surface area contributed by atoms with Gasteiger partial charge in [-0.05, 0) is 65.4 Å². The standard InChI is InChI=1S/C29H36FN5O5/c1-16-23(27(36)34-18-8-10-35(11-9-18)28(37)40-29(2,3)4)25-26(33-16)24(31-15-32-25)19-12-20(30)22(38-5)13-21(19)39-14-17-6-7-17/h12-13,15,17-18,33H,6-11,14H2,1-5H3,(H,34,36). The highest BCUT2D eigenvalue weighted by molar-refractivity contribution is 6.09. The van der Waals surface area contributed by atoms with E-state index < -0.39 is 11.4 Å². The smallest absolute Gasteiger partial charge is 0.410 e. The van der Waals surface area contributed by atoms with Gasteiger partial charge in [-0.25, -0.2) is 19.2 Å². The molecule has 40 heavy (non-hydrogen) atoms. The van der Waals surface area contributed by atoms with E-state index in [1.54, 1.807) is 11.8 Å². The molecule has 1 aromatic carbocycles. The summed E-state index contributed by atoms with van der Waals surface area (Å²) in [4.78, 5) is 39.6. The third-order valence-electron chi connectivity index (χ3n) is 7.16. The van der Waals surface area contributed by atoms with Gasteiger partial charge in [0.05, 0.1) is 24.8 Å². The number of nitrogens with one attached hydrogen (secondary N) is 2. The summed E-state index contributed by atoms with van der Waals surface area (Å²) in [7, 11) is 1.41. The Hall–Kier alpha value is -3.89. The third-order valence-corrected chi connectivity index (χ3v) is 7.16. The Morgan fingerprint density at radius 2 is 1.85 bits per heavy atom. The molecule has 214 valence electrons. The highest BCUT2D eigenvalue weighted by atomic mass is 19.1. The van der Waals surface area contributed by atoms with Gasteiger partial charge >= 0.3 is 6.09 Å². The van der Waals surface area contributed by atoms with Gasteiger partial charge in [-0.1, -0.05) is 0 Å². The number of ether oxygens (including phenoxy) is 3. The van der Waals surface area contributed by atoms with Crippen molar-refractivity contribution in [2.75, 3.05) is 26.8 Å². The minimum Gasteiger partial charge on any atom is -0.494 e. The number of rotatable bonds is 7. The molecule has 10 nitrogen and oxygen atoms in total. The minimum absolute atomic E-state index is 0.0836. The van der Waals surface area contributed by atoms with Crippen molar-refractivity contribution < 1.29 is 28.2 Å². The van der Waals surface area contributed by atoms with Crippen LogP contribution in [-0.2, 0) is 4.74 Å². The van der Waals surface area contributed by atoms with Crippen molar-refractivity contribution in [3.63, 3.8) is 0 Å². The van der Waals surface area contributed by atoms with Crippen LogP contribution in [0.25, 0.3) is 22.3 Å². The zero-order chi connectivity index (χ0) is 28.6. The Balaban J connectivity index is 1.37. The normalized spacial score (nSPS) is 16.2. The summed E-state index contributed by atoms with van der Waals surface area (Å²) in [5.41, 5.74) is 2.32. The first-order valence-electron chi connectivity index (χ1n) is 13.7. The van der Waals surface area contributed by atoms with E-state index in [9.17, 15) is 14.0 Å². The van der Waals surface area contributed by atoms with E-state index in [0.717, 1.165) is 12.8 Å². The van der Waals surface area contributed by atoms with Crippen molar-refractivity contribution in [1.29, 1.82) is 0 Å². The van der Waals surface area contributed by atoms with Gasteiger partial charge in [0.25, 0.3) is 5.91 Å². The van der Waals surface area contributed by atoms with Crippen LogP contribution in [0.4, 0.5) is 9.18 Å². The van der Waals surface area contributed by atoms with Crippen LogP contribution in [0.15, 0.2) is 18.5 Å². The Morgan fingerprint density at radius 3 is 2.50 bits per heavy atom. The number of aromatic nitrogens is 3. The van der Waals surface area contributed by atoms with Gasteiger partial charge in [0.1, 0.15) is 28.9 Å². The van der Waals surface area contributed by atoms with Crippen LogP contribution >= 0.6 is 0 Å². The fourth-order valence-corrected chi connectivity index (χ4v) is 4.88. The summed E-state index contributed by atoms with van der Waals surface area (Å²) < 4.78 is 31.5. The second kappa shape index (κ2) is 10.9. The van der Waals surface area contributed by atoms with Crippen molar-refractivity contribution in [3.8, 4) is 22.8 Å². The lowest BCUT2D eigenvalue weighted by atomic mass is 10.0. The van der Waals surface area contributed by atoms with Gasteiger partial charge in [-0.3, -0.25) is 4.79 Å². The molecule has 0 radical (unpaired) electrons. The minimum atomic E-state index is -0.558. The third kappa shape index (κ3) is 5.97. The molecule has 2 aromatic heterocycles. The number of likely N-dealkylation sites (tertiary alicyclic amines) is 1. The number of halogens is 1. The quantitative estimate of drug-likeness (QED) is 0.423. The molecule has 3 aromatic rings. The zero-order valence-corrected chi connectivity index (χ0v) is 23.6. The molecule has 2 amide bonds. The number of methoxy groups -OCH3 is 1. The second-order valence-electron chi connectivity index (χ2n) is 11.5. The Kier molecular flexibility index (Phi) is 7.57. The molecule has 1 saturated carbocycles. The van der Waals surface area contributed by atoms with Gasteiger partial charge in [0.15, 0.2) is 11.6 Å². The average molecular weight is 554 g/mol. The molecule has 2 fully saturated rings. The molecular formula is C29H36FN5O5. The topological polar surface area (TPSA) is 119 Å². The molecule has 5 rings (SSSR count). The molecular weight excluding hydrogens is 517 g/mol. The summed E-state index contributed by atoms with van der Waals surface area (Å²) in [5.74, 6) is 0.228. The zero-order valence-electron chi connectivity index (χ0n) is 23.6. The van der Waals surface area contributed by atoms with Gasteiger partial charge < -0.3 is 29.4 Å². The number of carbonyl (C=O) groups is 2. The Bertz CT molecular complexity index is 1420. The molecule has 2 N–H and O–H groups in total. The number of amides is 2. The van der Waals surface area contributed by atoms with Crippen LogP contribution in [0.5, 0.6) is 11.5 Å². The molecule has 1 saturated heterocycles. The summed E-state index contributed by atoms with van der Waals surface area (Å²) >= 11 is 0. The predicted molar refractivity (Wildman–Crippen MR) is 147 cm³/mol. The number of carbonyl (C=O) groups excluding carboxylic acids is 2. The molecule has 0 bridgehead atoms. The molecule has 1 aliphatic carbocycles. The van der Waals surface area contributed by atoms with Crippen molar-refractivity contribution in [1.82, 2.24) is 25.2 Å². The van der Waals surface area contributed by atoms with E-state index in [0.29, 0.717) is 77.8 Å². The van der Waals surface area contributed by atoms with Crippen LogP contribution in [-0.4, -0.2) is 70.3 Å². The summed E-state index contributed by atoms with van der Waals surface area (Å²) in [5, 5.41) is 3.10. The molecule has 0 spiro atoms. The van der Waals surface area contributed by atoms with E-state index in [-0.39, 0.29) is 23.8 Å². The van der Waals surface area contributed by atoms with Crippen molar-refractivity contribution >= 4 is 23.0 Å². The summed E-state index contributed by atoms with van der Waals surface area (Å²) in [6.45, 7) is 8.82.